The van der Waals surface area contributed by atoms with E-state index in [0.29, 0.717) is 11.7 Å². The van der Waals surface area contributed by atoms with Crippen molar-refractivity contribution in [2.45, 2.75) is 40.0 Å². The summed E-state index contributed by atoms with van der Waals surface area (Å²) in [6.45, 7) is 6.24. The molecule has 2 rings (SSSR count). The molecule has 0 radical (unpaired) electrons. The number of allylic oxidation sites excluding steroid dienone is 4. The second-order valence-electron chi connectivity index (χ2n) is 5.14. The number of hydrogen-bond acceptors (Lipinski definition) is 1. The predicted molar refractivity (Wildman–Crippen MR) is 62.5 cm³/mol. The van der Waals surface area contributed by atoms with Crippen molar-refractivity contribution in [3.05, 3.63) is 23.3 Å². The van der Waals surface area contributed by atoms with E-state index < -0.39 is 0 Å². The molecule has 3 atom stereocenters. The topological polar surface area (TPSA) is 17.1 Å². The number of ketones is 1. The van der Waals surface area contributed by atoms with E-state index in [1.165, 1.54) is 18.4 Å². The van der Waals surface area contributed by atoms with Crippen LogP contribution in [0.15, 0.2) is 23.3 Å². The van der Waals surface area contributed by atoms with Crippen molar-refractivity contribution in [3.8, 4) is 0 Å². The molecule has 2 aliphatic carbocycles. The van der Waals surface area contributed by atoms with Crippen LogP contribution in [0.2, 0.25) is 0 Å². The molecule has 3 unspecified atom stereocenters. The lowest BCUT2D eigenvalue weighted by Gasteiger charge is -2.19. The number of hydrogen-bond donors (Lipinski definition) is 0. The standard InChI is InChI=1S/C14H20O/c1-9-4-6-12(11(3)15)8-14-10(2)5-7-13(9)14/h4,6,10,12,14H,5,7-8H2,1-3H3. The van der Waals surface area contributed by atoms with Crippen molar-refractivity contribution >= 4 is 5.78 Å². The van der Waals surface area contributed by atoms with Gasteiger partial charge in [0.1, 0.15) is 5.78 Å². The van der Waals surface area contributed by atoms with Gasteiger partial charge in [0.25, 0.3) is 0 Å². The zero-order valence-electron chi connectivity index (χ0n) is 9.92. The molecule has 0 aromatic carbocycles. The Hall–Kier alpha value is -0.850. The first-order valence-corrected chi connectivity index (χ1v) is 5.98. The Labute approximate surface area is 92.3 Å². The average Bonchev–Trinajstić information content (AvgIpc) is 2.43. The van der Waals surface area contributed by atoms with E-state index in [9.17, 15) is 4.79 Å². The van der Waals surface area contributed by atoms with Crippen LogP contribution in [0.1, 0.15) is 40.0 Å². The molecule has 1 heteroatoms. The molecule has 0 saturated heterocycles. The maximum atomic E-state index is 11.5. The van der Waals surface area contributed by atoms with Gasteiger partial charge < -0.3 is 0 Å². The van der Waals surface area contributed by atoms with Crippen LogP contribution in [-0.4, -0.2) is 5.78 Å². The van der Waals surface area contributed by atoms with Gasteiger partial charge in [-0.25, -0.2) is 0 Å². The first kappa shape index (κ1) is 10.7. The Bertz CT molecular complexity index is 335. The zero-order chi connectivity index (χ0) is 11.0. The molecule has 0 N–H and O–H groups in total. The molecule has 0 aliphatic heterocycles. The molecule has 1 nitrogen and oxygen atoms in total. The Morgan fingerprint density at radius 3 is 2.87 bits per heavy atom. The summed E-state index contributed by atoms with van der Waals surface area (Å²) in [5, 5.41) is 0. The van der Waals surface area contributed by atoms with Crippen molar-refractivity contribution in [1.29, 1.82) is 0 Å². The number of Topliss-reactive ketones (excluding diaryl/α,β-unsaturated/α-hetero) is 1. The molecule has 0 amide bonds. The summed E-state index contributed by atoms with van der Waals surface area (Å²) in [6.07, 6.45) is 7.86. The quantitative estimate of drug-likeness (QED) is 0.638. The van der Waals surface area contributed by atoms with Gasteiger partial charge in [0.05, 0.1) is 0 Å². The molecule has 0 heterocycles. The van der Waals surface area contributed by atoms with Crippen molar-refractivity contribution in [2.75, 3.05) is 0 Å². The fourth-order valence-electron chi connectivity index (χ4n) is 3.00. The molecular weight excluding hydrogens is 184 g/mol. The number of carbonyl (C=O) groups excluding carboxylic acids is 1. The summed E-state index contributed by atoms with van der Waals surface area (Å²) in [6, 6.07) is 0. The molecule has 15 heavy (non-hydrogen) atoms. The lowest BCUT2D eigenvalue weighted by atomic mass is 9.85. The molecule has 1 fully saturated rings. The largest absolute Gasteiger partial charge is 0.299 e. The summed E-state index contributed by atoms with van der Waals surface area (Å²) in [5.41, 5.74) is 3.02. The van der Waals surface area contributed by atoms with Gasteiger partial charge >= 0.3 is 0 Å². The summed E-state index contributed by atoms with van der Waals surface area (Å²) in [4.78, 5) is 11.5. The highest BCUT2D eigenvalue weighted by atomic mass is 16.1. The monoisotopic (exact) mass is 204 g/mol. The van der Waals surface area contributed by atoms with Gasteiger partial charge in [-0.3, -0.25) is 4.79 Å². The molecule has 0 bridgehead atoms. The third kappa shape index (κ3) is 1.92. The molecule has 0 aromatic rings. The van der Waals surface area contributed by atoms with Gasteiger partial charge in [-0.1, -0.05) is 30.2 Å². The average molecular weight is 204 g/mol. The smallest absolute Gasteiger partial charge is 0.136 e. The lowest BCUT2D eigenvalue weighted by Crippen LogP contribution is -2.15. The van der Waals surface area contributed by atoms with Crippen molar-refractivity contribution < 1.29 is 4.79 Å². The number of rotatable bonds is 1. The third-order valence-corrected chi connectivity index (χ3v) is 4.12. The fraction of sp³-hybridized carbons (Fsp3) is 0.643. The summed E-state index contributed by atoms with van der Waals surface area (Å²) >= 11 is 0. The third-order valence-electron chi connectivity index (χ3n) is 4.12. The van der Waals surface area contributed by atoms with E-state index in [2.05, 4.69) is 26.0 Å². The van der Waals surface area contributed by atoms with Crippen LogP contribution in [0.5, 0.6) is 0 Å². The summed E-state index contributed by atoms with van der Waals surface area (Å²) in [5.74, 6) is 1.90. The van der Waals surface area contributed by atoms with Crippen LogP contribution < -0.4 is 0 Å². The number of carbonyl (C=O) groups is 1. The molecule has 2 aliphatic rings. The Morgan fingerprint density at radius 1 is 1.47 bits per heavy atom. The van der Waals surface area contributed by atoms with E-state index in [0.717, 1.165) is 12.3 Å². The maximum Gasteiger partial charge on any atom is 0.136 e. The molecule has 1 saturated carbocycles. The second kappa shape index (κ2) is 3.96. The van der Waals surface area contributed by atoms with Crippen molar-refractivity contribution in [2.24, 2.45) is 17.8 Å². The highest BCUT2D eigenvalue weighted by Gasteiger charge is 2.33. The summed E-state index contributed by atoms with van der Waals surface area (Å²) < 4.78 is 0. The minimum absolute atomic E-state index is 0.156. The van der Waals surface area contributed by atoms with E-state index >= 15 is 0 Å². The Morgan fingerprint density at radius 2 is 2.20 bits per heavy atom. The van der Waals surface area contributed by atoms with Crippen LogP contribution in [0, 0.1) is 17.8 Å². The normalized spacial score (nSPS) is 35.3. The van der Waals surface area contributed by atoms with Crippen molar-refractivity contribution in [3.63, 3.8) is 0 Å². The highest BCUT2D eigenvalue weighted by Crippen LogP contribution is 2.43. The van der Waals surface area contributed by atoms with E-state index in [1.54, 1.807) is 12.5 Å². The SMILES string of the molecule is CC(=O)C1C=CC(C)=C2CCC(C)C2C1. The minimum Gasteiger partial charge on any atom is -0.299 e. The predicted octanol–water partition coefficient (Wildman–Crippen LogP) is 3.51. The van der Waals surface area contributed by atoms with Crippen molar-refractivity contribution in [1.82, 2.24) is 0 Å². The van der Waals surface area contributed by atoms with Gasteiger partial charge in [-0.05, 0) is 44.9 Å². The van der Waals surface area contributed by atoms with Gasteiger partial charge in [0.2, 0.25) is 0 Å². The van der Waals surface area contributed by atoms with E-state index in [1.807, 2.05) is 0 Å². The number of fused-ring (bicyclic) bond motifs is 1. The Balaban J connectivity index is 2.29. The van der Waals surface area contributed by atoms with Crippen LogP contribution in [0.4, 0.5) is 0 Å². The molecule has 0 spiro atoms. The van der Waals surface area contributed by atoms with Crippen LogP contribution in [-0.2, 0) is 4.79 Å². The first-order chi connectivity index (χ1) is 7.09. The van der Waals surface area contributed by atoms with E-state index in [-0.39, 0.29) is 5.92 Å². The van der Waals surface area contributed by atoms with Gasteiger partial charge in [0, 0.05) is 5.92 Å². The van der Waals surface area contributed by atoms with Crippen LogP contribution in [0.25, 0.3) is 0 Å². The summed E-state index contributed by atoms with van der Waals surface area (Å²) in [7, 11) is 0. The van der Waals surface area contributed by atoms with Gasteiger partial charge in [-0.15, -0.1) is 0 Å². The minimum atomic E-state index is 0.156. The molecular formula is C14H20O. The fourth-order valence-corrected chi connectivity index (χ4v) is 3.00. The van der Waals surface area contributed by atoms with E-state index in [4.69, 9.17) is 0 Å². The maximum absolute atomic E-state index is 11.5. The molecule has 0 aromatic heterocycles. The van der Waals surface area contributed by atoms with Crippen LogP contribution in [0.3, 0.4) is 0 Å². The van der Waals surface area contributed by atoms with Gasteiger partial charge in [-0.2, -0.15) is 0 Å². The lowest BCUT2D eigenvalue weighted by molar-refractivity contribution is -0.119. The highest BCUT2D eigenvalue weighted by molar-refractivity contribution is 5.80. The zero-order valence-corrected chi connectivity index (χ0v) is 9.92. The second-order valence-corrected chi connectivity index (χ2v) is 5.14. The van der Waals surface area contributed by atoms with Crippen LogP contribution >= 0.6 is 0 Å². The Kier molecular flexibility index (Phi) is 2.81. The molecule has 82 valence electrons. The van der Waals surface area contributed by atoms with Gasteiger partial charge in [0.15, 0.2) is 0 Å². The first-order valence-electron chi connectivity index (χ1n) is 5.98.